The summed E-state index contributed by atoms with van der Waals surface area (Å²) in [6.45, 7) is 16.2. The molecular weight excluding hydrogens is 340 g/mol. The smallest absolute Gasteiger partial charge is 0.340 e. The fourth-order valence-electron chi connectivity index (χ4n) is 2.94. The third-order valence-corrected chi connectivity index (χ3v) is 4.50. The molecule has 0 unspecified atom stereocenters. The Balaban J connectivity index is 2.72. The Morgan fingerprint density at radius 2 is 1.52 bits per heavy atom. The molecule has 1 N–H and O–H groups in total. The maximum Gasteiger partial charge on any atom is 0.340 e. The van der Waals surface area contributed by atoms with Crippen LogP contribution in [0.4, 0.5) is 0 Å². The monoisotopic (exact) mass is 370 g/mol. The molecule has 1 heterocycles. The molecule has 0 bridgehead atoms. The van der Waals surface area contributed by atoms with Gasteiger partial charge < -0.3 is 9.84 Å². The quantitative estimate of drug-likeness (QED) is 0.776. The number of phenols is 1. The normalized spacial score (nSPS) is 12.1. The molecule has 5 heteroatoms. The maximum absolute atomic E-state index is 12.2. The van der Waals surface area contributed by atoms with Crippen LogP contribution in [-0.2, 0) is 15.6 Å². The molecule has 1 aromatic carbocycles. The largest absolute Gasteiger partial charge is 0.507 e. The number of aromatic nitrogens is 2. The van der Waals surface area contributed by atoms with Gasteiger partial charge in [-0.3, -0.25) is 0 Å². The van der Waals surface area contributed by atoms with Crippen molar-refractivity contribution in [2.45, 2.75) is 66.2 Å². The Kier molecular flexibility index (Phi) is 5.64. The average Bonchev–Trinajstić information content (AvgIpc) is 2.53. The van der Waals surface area contributed by atoms with Crippen LogP contribution in [0.15, 0.2) is 18.2 Å². The van der Waals surface area contributed by atoms with Crippen molar-refractivity contribution in [1.29, 1.82) is 0 Å². The van der Waals surface area contributed by atoms with Gasteiger partial charge in [-0.05, 0) is 42.9 Å². The second-order valence-electron chi connectivity index (χ2n) is 8.87. The fourth-order valence-corrected chi connectivity index (χ4v) is 2.94. The maximum atomic E-state index is 12.2. The molecule has 0 fully saturated rings. The molecular formula is C22H30N2O3. The number of ether oxygens (including phenoxy) is 1. The highest BCUT2D eigenvalue weighted by atomic mass is 16.5. The molecule has 0 aliphatic carbocycles. The van der Waals surface area contributed by atoms with Gasteiger partial charge in [0.25, 0.3) is 0 Å². The topological polar surface area (TPSA) is 72.3 Å². The summed E-state index contributed by atoms with van der Waals surface area (Å²) in [6.07, 6.45) is 0. The summed E-state index contributed by atoms with van der Waals surface area (Å²) in [4.78, 5) is 12.2. The van der Waals surface area contributed by atoms with Gasteiger partial charge in [-0.1, -0.05) is 41.5 Å². The minimum Gasteiger partial charge on any atom is -0.507 e. The number of nitrogens with zero attached hydrogens (tertiary/aromatic N) is 2. The Hall–Kier alpha value is -2.43. The van der Waals surface area contributed by atoms with E-state index >= 15 is 0 Å². The second kappa shape index (κ2) is 7.29. The van der Waals surface area contributed by atoms with Crippen molar-refractivity contribution in [3.05, 3.63) is 40.6 Å². The molecule has 0 saturated heterocycles. The number of carbonyl (C=O) groups is 1. The number of benzene rings is 1. The van der Waals surface area contributed by atoms with Gasteiger partial charge in [-0.2, -0.15) is 10.2 Å². The molecule has 2 aromatic rings. The molecule has 0 spiro atoms. The van der Waals surface area contributed by atoms with Crippen LogP contribution in [0.25, 0.3) is 11.3 Å². The van der Waals surface area contributed by atoms with E-state index in [-0.39, 0.29) is 10.8 Å². The third kappa shape index (κ3) is 4.46. The van der Waals surface area contributed by atoms with Crippen molar-refractivity contribution in [3.63, 3.8) is 0 Å². The van der Waals surface area contributed by atoms with Crippen molar-refractivity contribution < 1.29 is 14.6 Å². The molecule has 0 aliphatic rings. The summed E-state index contributed by atoms with van der Waals surface area (Å²) >= 11 is 0. The number of hydrogen-bond donors (Lipinski definition) is 1. The van der Waals surface area contributed by atoms with Crippen molar-refractivity contribution in [2.24, 2.45) is 0 Å². The molecule has 0 amide bonds. The number of rotatable bonds is 3. The Morgan fingerprint density at radius 1 is 1.00 bits per heavy atom. The van der Waals surface area contributed by atoms with E-state index in [2.05, 4.69) is 51.7 Å². The van der Waals surface area contributed by atoms with Gasteiger partial charge >= 0.3 is 5.97 Å². The zero-order chi connectivity index (χ0) is 20.6. The van der Waals surface area contributed by atoms with Crippen molar-refractivity contribution in [2.75, 3.05) is 6.61 Å². The number of esters is 1. The van der Waals surface area contributed by atoms with E-state index in [0.717, 1.165) is 16.7 Å². The predicted molar refractivity (Wildman–Crippen MR) is 107 cm³/mol. The van der Waals surface area contributed by atoms with Crippen LogP contribution in [0.2, 0.25) is 0 Å². The first kappa shape index (κ1) is 20.9. The molecule has 27 heavy (non-hydrogen) atoms. The molecule has 1 aromatic heterocycles. The minimum absolute atomic E-state index is 0.248. The number of aryl methyl sites for hydroxylation is 1. The molecule has 2 rings (SSSR count). The zero-order valence-electron chi connectivity index (χ0n) is 17.6. The third-order valence-electron chi connectivity index (χ3n) is 4.50. The van der Waals surface area contributed by atoms with Crippen molar-refractivity contribution in [1.82, 2.24) is 10.2 Å². The number of hydrogen-bond acceptors (Lipinski definition) is 5. The van der Waals surface area contributed by atoms with E-state index in [1.165, 1.54) is 0 Å². The van der Waals surface area contributed by atoms with Crippen LogP contribution in [0.3, 0.4) is 0 Å². The summed E-state index contributed by atoms with van der Waals surface area (Å²) in [5.41, 5.74) is 3.52. The predicted octanol–water partition coefficient (Wildman–Crippen LogP) is 4.93. The summed E-state index contributed by atoms with van der Waals surface area (Å²) in [6, 6.07) is 5.57. The van der Waals surface area contributed by atoms with Gasteiger partial charge in [0.2, 0.25) is 0 Å². The van der Waals surface area contributed by atoms with E-state index in [9.17, 15) is 9.90 Å². The number of phenolic OH excluding ortho intramolecular Hbond substituents is 1. The van der Waals surface area contributed by atoms with E-state index in [1.54, 1.807) is 19.9 Å². The highest BCUT2D eigenvalue weighted by molar-refractivity contribution is 5.91. The molecule has 5 nitrogen and oxygen atoms in total. The van der Waals surface area contributed by atoms with E-state index in [0.29, 0.717) is 29.3 Å². The first-order valence-electron chi connectivity index (χ1n) is 9.26. The zero-order valence-corrected chi connectivity index (χ0v) is 17.6. The lowest BCUT2D eigenvalue weighted by atomic mass is 9.78. The standard InChI is InChI=1S/C22H30N2O3/c1-9-27-20(26)15-12-18(24-23-13(15)2)14-10-16(21(3,4)5)19(25)17(11-14)22(6,7)8/h10-12,25H,9H2,1-8H3. The van der Waals surface area contributed by atoms with Crippen LogP contribution in [-0.4, -0.2) is 27.9 Å². The lowest BCUT2D eigenvalue weighted by Crippen LogP contribution is -2.17. The lowest BCUT2D eigenvalue weighted by Gasteiger charge is -2.28. The molecule has 0 saturated carbocycles. The van der Waals surface area contributed by atoms with Gasteiger partial charge in [0.15, 0.2) is 0 Å². The Bertz CT molecular complexity index is 824. The van der Waals surface area contributed by atoms with E-state index < -0.39 is 5.97 Å². The Labute approximate surface area is 161 Å². The van der Waals surface area contributed by atoms with Crippen LogP contribution in [0, 0.1) is 6.92 Å². The fraction of sp³-hybridized carbons (Fsp3) is 0.500. The van der Waals surface area contributed by atoms with Crippen LogP contribution in [0.5, 0.6) is 5.75 Å². The molecule has 146 valence electrons. The second-order valence-corrected chi connectivity index (χ2v) is 8.87. The molecule has 0 atom stereocenters. The summed E-state index contributed by atoms with van der Waals surface area (Å²) in [5, 5.41) is 19.3. The summed E-state index contributed by atoms with van der Waals surface area (Å²) in [5.74, 6) is -0.0959. The van der Waals surface area contributed by atoms with Gasteiger partial charge in [-0.25, -0.2) is 4.79 Å². The van der Waals surface area contributed by atoms with Gasteiger partial charge in [0.05, 0.1) is 23.6 Å². The Morgan fingerprint density at radius 3 is 1.96 bits per heavy atom. The van der Waals surface area contributed by atoms with E-state index in [4.69, 9.17) is 4.74 Å². The van der Waals surface area contributed by atoms with Crippen LogP contribution >= 0.6 is 0 Å². The first-order valence-corrected chi connectivity index (χ1v) is 9.26. The van der Waals surface area contributed by atoms with Gasteiger partial charge in [-0.15, -0.1) is 0 Å². The lowest BCUT2D eigenvalue weighted by molar-refractivity contribution is 0.0524. The highest BCUT2D eigenvalue weighted by Gasteiger charge is 2.27. The van der Waals surface area contributed by atoms with Gasteiger partial charge in [0, 0.05) is 16.7 Å². The van der Waals surface area contributed by atoms with Crippen molar-refractivity contribution in [3.8, 4) is 17.0 Å². The molecule has 0 radical (unpaired) electrons. The average molecular weight is 370 g/mol. The summed E-state index contributed by atoms with van der Waals surface area (Å²) < 4.78 is 5.13. The van der Waals surface area contributed by atoms with E-state index in [1.807, 2.05) is 12.1 Å². The minimum atomic E-state index is -0.406. The van der Waals surface area contributed by atoms with Gasteiger partial charge in [0.1, 0.15) is 5.75 Å². The number of aromatic hydroxyl groups is 1. The van der Waals surface area contributed by atoms with Crippen LogP contribution < -0.4 is 0 Å². The van der Waals surface area contributed by atoms with Crippen molar-refractivity contribution >= 4 is 5.97 Å². The first-order chi connectivity index (χ1) is 12.4. The number of carbonyl (C=O) groups excluding carboxylic acids is 1. The van der Waals surface area contributed by atoms with Crippen LogP contribution in [0.1, 0.15) is 75.6 Å². The highest BCUT2D eigenvalue weighted by Crippen LogP contribution is 2.41. The SMILES string of the molecule is CCOC(=O)c1cc(-c2cc(C(C)(C)C)c(O)c(C(C)(C)C)c2)nnc1C. The molecule has 0 aliphatic heterocycles. The summed E-state index contributed by atoms with van der Waals surface area (Å²) in [7, 11) is 0.